The normalized spacial score (nSPS) is 10.8. The molecule has 0 saturated carbocycles. The van der Waals surface area contributed by atoms with E-state index in [1.165, 1.54) is 13.0 Å². The second-order valence-electron chi connectivity index (χ2n) is 4.97. The third-order valence-electron chi connectivity index (χ3n) is 3.03. The first-order valence-electron chi connectivity index (χ1n) is 6.34. The van der Waals surface area contributed by atoms with Crippen LogP contribution in [0.5, 0.6) is 0 Å². The van der Waals surface area contributed by atoms with E-state index in [2.05, 4.69) is 24.1 Å². The van der Waals surface area contributed by atoms with E-state index in [-0.39, 0.29) is 11.6 Å². The van der Waals surface area contributed by atoms with Crippen molar-refractivity contribution in [1.29, 1.82) is 0 Å². The van der Waals surface area contributed by atoms with Crippen molar-refractivity contribution >= 4 is 28.5 Å². The van der Waals surface area contributed by atoms with E-state index >= 15 is 0 Å². The third kappa shape index (κ3) is 2.77. The fourth-order valence-corrected chi connectivity index (χ4v) is 2.01. The lowest BCUT2D eigenvalue weighted by atomic mass is 10.00. The summed E-state index contributed by atoms with van der Waals surface area (Å²) in [6.45, 7) is 5.52. The molecule has 0 bridgehead atoms. The van der Waals surface area contributed by atoms with E-state index in [9.17, 15) is 9.59 Å². The average molecular weight is 272 g/mol. The number of carboxylic acids is 1. The number of carbonyl (C=O) groups excluding carboxylic acids is 1. The van der Waals surface area contributed by atoms with Gasteiger partial charge in [-0.1, -0.05) is 19.9 Å². The van der Waals surface area contributed by atoms with Crippen LogP contribution in [0.1, 0.15) is 42.7 Å². The lowest BCUT2D eigenvalue weighted by molar-refractivity contribution is -0.114. The molecular formula is C15H16N2O3. The molecule has 5 nitrogen and oxygen atoms in total. The molecule has 0 radical (unpaired) electrons. The van der Waals surface area contributed by atoms with Gasteiger partial charge < -0.3 is 10.4 Å². The Balaban J connectivity index is 2.70. The maximum atomic E-state index is 11.3. The summed E-state index contributed by atoms with van der Waals surface area (Å²) in [6, 6.07) is 7.02. The number of aromatic carboxylic acids is 1. The minimum Gasteiger partial charge on any atom is -0.477 e. The molecule has 0 aliphatic carbocycles. The van der Waals surface area contributed by atoms with Crippen LogP contribution < -0.4 is 5.32 Å². The number of nitrogens with one attached hydrogen (secondary N) is 1. The molecule has 0 aliphatic rings. The largest absolute Gasteiger partial charge is 0.477 e. The molecule has 1 aromatic carbocycles. The van der Waals surface area contributed by atoms with Gasteiger partial charge in [0, 0.05) is 12.3 Å². The Hall–Kier alpha value is -2.43. The van der Waals surface area contributed by atoms with Gasteiger partial charge in [-0.3, -0.25) is 4.79 Å². The maximum absolute atomic E-state index is 11.3. The van der Waals surface area contributed by atoms with Crippen LogP contribution in [0.3, 0.4) is 0 Å². The second kappa shape index (κ2) is 5.28. The minimum absolute atomic E-state index is 0.0847. The van der Waals surface area contributed by atoms with Crippen molar-refractivity contribution in [2.45, 2.75) is 26.7 Å². The standard InChI is InChI=1S/C15H16N2O3/c1-8(2)10-4-5-12-11(6-10)13(16-9(3)18)7-14(17-12)15(19)20/h4-8H,1-3H3,(H,19,20)(H,16,17,18). The topological polar surface area (TPSA) is 79.3 Å². The van der Waals surface area contributed by atoms with Gasteiger partial charge in [-0.25, -0.2) is 9.78 Å². The molecule has 0 aliphatic heterocycles. The third-order valence-corrected chi connectivity index (χ3v) is 3.03. The monoisotopic (exact) mass is 272 g/mol. The molecule has 20 heavy (non-hydrogen) atoms. The number of carbonyl (C=O) groups is 2. The molecule has 1 heterocycles. The van der Waals surface area contributed by atoms with Gasteiger partial charge in [-0.05, 0) is 29.7 Å². The zero-order valence-corrected chi connectivity index (χ0v) is 11.6. The molecule has 104 valence electrons. The number of hydrogen-bond acceptors (Lipinski definition) is 3. The summed E-state index contributed by atoms with van der Waals surface area (Å²) in [5.74, 6) is -1.03. The highest BCUT2D eigenvalue weighted by Crippen LogP contribution is 2.27. The van der Waals surface area contributed by atoms with E-state index in [1.807, 2.05) is 12.1 Å². The molecule has 0 fully saturated rings. The van der Waals surface area contributed by atoms with Crippen molar-refractivity contribution in [1.82, 2.24) is 4.98 Å². The van der Waals surface area contributed by atoms with Gasteiger partial charge in [-0.15, -0.1) is 0 Å². The summed E-state index contributed by atoms with van der Waals surface area (Å²) in [6.07, 6.45) is 0. The van der Waals surface area contributed by atoms with E-state index in [4.69, 9.17) is 5.11 Å². The summed E-state index contributed by atoms with van der Waals surface area (Å²) in [7, 11) is 0. The average Bonchev–Trinajstić information content (AvgIpc) is 2.37. The van der Waals surface area contributed by atoms with Crippen LogP contribution in [-0.2, 0) is 4.79 Å². The van der Waals surface area contributed by atoms with Crippen molar-refractivity contribution in [2.24, 2.45) is 0 Å². The van der Waals surface area contributed by atoms with Gasteiger partial charge in [0.15, 0.2) is 5.69 Å². The fraction of sp³-hybridized carbons (Fsp3) is 0.267. The maximum Gasteiger partial charge on any atom is 0.354 e. The van der Waals surface area contributed by atoms with Crippen LogP contribution in [0.25, 0.3) is 10.9 Å². The first-order valence-corrected chi connectivity index (χ1v) is 6.34. The molecule has 1 amide bonds. The number of hydrogen-bond donors (Lipinski definition) is 2. The molecule has 1 aromatic heterocycles. The first-order chi connectivity index (χ1) is 9.38. The predicted molar refractivity (Wildman–Crippen MR) is 77.1 cm³/mol. The fourth-order valence-electron chi connectivity index (χ4n) is 2.01. The number of amides is 1. The van der Waals surface area contributed by atoms with Crippen molar-refractivity contribution in [3.8, 4) is 0 Å². The number of pyridine rings is 1. The summed E-state index contributed by atoms with van der Waals surface area (Å²) in [4.78, 5) is 26.5. The number of nitrogens with zero attached hydrogens (tertiary/aromatic N) is 1. The molecule has 5 heteroatoms. The molecule has 0 saturated heterocycles. The van der Waals surface area contributed by atoms with E-state index < -0.39 is 5.97 Å². The second-order valence-corrected chi connectivity index (χ2v) is 4.97. The molecule has 0 unspecified atom stereocenters. The number of aromatic nitrogens is 1. The molecule has 2 rings (SSSR count). The van der Waals surface area contributed by atoms with Crippen molar-refractivity contribution in [3.05, 3.63) is 35.5 Å². The molecule has 2 aromatic rings. The van der Waals surface area contributed by atoms with Gasteiger partial charge in [0.05, 0.1) is 11.2 Å². The Bertz CT molecular complexity index is 693. The molecule has 0 atom stereocenters. The van der Waals surface area contributed by atoms with Crippen LogP contribution in [-0.4, -0.2) is 22.0 Å². The molecule has 0 spiro atoms. The first kappa shape index (κ1) is 14.0. The summed E-state index contributed by atoms with van der Waals surface area (Å²) >= 11 is 0. The lowest BCUT2D eigenvalue weighted by Crippen LogP contribution is -2.09. The summed E-state index contributed by atoms with van der Waals surface area (Å²) in [5.41, 5.74) is 2.05. The predicted octanol–water partition coefficient (Wildman–Crippen LogP) is 3.01. The van der Waals surface area contributed by atoms with Gasteiger partial charge in [0.25, 0.3) is 0 Å². The zero-order valence-electron chi connectivity index (χ0n) is 11.6. The van der Waals surface area contributed by atoms with Gasteiger partial charge in [-0.2, -0.15) is 0 Å². The van der Waals surface area contributed by atoms with E-state index in [0.717, 1.165) is 10.9 Å². The Morgan fingerprint density at radius 1 is 1.25 bits per heavy atom. The van der Waals surface area contributed by atoms with E-state index in [0.29, 0.717) is 17.1 Å². The number of carboxylic acid groups (broad SMARTS) is 1. The summed E-state index contributed by atoms with van der Waals surface area (Å²) < 4.78 is 0. The van der Waals surface area contributed by atoms with Gasteiger partial charge >= 0.3 is 5.97 Å². The van der Waals surface area contributed by atoms with Gasteiger partial charge in [0.1, 0.15) is 0 Å². The highest BCUT2D eigenvalue weighted by atomic mass is 16.4. The number of benzene rings is 1. The van der Waals surface area contributed by atoms with Crippen LogP contribution in [0.15, 0.2) is 24.3 Å². The molecule has 2 N–H and O–H groups in total. The van der Waals surface area contributed by atoms with Crippen LogP contribution in [0, 0.1) is 0 Å². The highest BCUT2D eigenvalue weighted by molar-refractivity contribution is 6.03. The zero-order chi connectivity index (χ0) is 14.9. The quantitative estimate of drug-likeness (QED) is 0.900. The van der Waals surface area contributed by atoms with Crippen LogP contribution in [0.2, 0.25) is 0 Å². The Morgan fingerprint density at radius 2 is 1.95 bits per heavy atom. The summed E-state index contributed by atoms with van der Waals surface area (Å²) in [5, 5.41) is 12.5. The minimum atomic E-state index is -1.12. The van der Waals surface area contributed by atoms with Crippen LogP contribution >= 0.6 is 0 Å². The van der Waals surface area contributed by atoms with Crippen LogP contribution in [0.4, 0.5) is 5.69 Å². The Morgan fingerprint density at radius 3 is 2.50 bits per heavy atom. The number of anilines is 1. The molecular weight excluding hydrogens is 256 g/mol. The SMILES string of the molecule is CC(=O)Nc1cc(C(=O)O)nc2ccc(C(C)C)cc12. The highest BCUT2D eigenvalue weighted by Gasteiger charge is 2.13. The van der Waals surface area contributed by atoms with Crippen molar-refractivity contribution in [2.75, 3.05) is 5.32 Å². The van der Waals surface area contributed by atoms with Crippen molar-refractivity contribution in [3.63, 3.8) is 0 Å². The van der Waals surface area contributed by atoms with Gasteiger partial charge in [0.2, 0.25) is 5.91 Å². The van der Waals surface area contributed by atoms with E-state index in [1.54, 1.807) is 6.07 Å². The van der Waals surface area contributed by atoms with Crippen molar-refractivity contribution < 1.29 is 14.7 Å². The Kier molecular flexibility index (Phi) is 3.70. The lowest BCUT2D eigenvalue weighted by Gasteiger charge is -2.11. The number of rotatable bonds is 3. The smallest absolute Gasteiger partial charge is 0.354 e. The number of fused-ring (bicyclic) bond motifs is 1. The Labute approximate surface area is 116 Å².